The number of benzene rings is 2. The van der Waals surface area contributed by atoms with Gasteiger partial charge in [-0.3, -0.25) is 14.9 Å². The average Bonchev–Trinajstić information content (AvgIpc) is 2.82. The fourth-order valence-corrected chi connectivity index (χ4v) is 4.78. The Labute approximate surface area is 184 Å². The van der Waals surface area contributed by atoms with E-state index in [0.717, 1.165) is 6.07 Å². The van der Waals surface area contributed by atoms with Gasteiger partial charge in [0.05, 0.1) is 29.6 Å². The number of nitrogens with zero attached hydrogens (tertiary/aromatic N) is 3. The fraction of sp³-hybridized carbons (Fsp3) is 0.300. The normalized spacial score (nSPS) is 14.6. The van der Waals surface area contributed by atoms with Gasteiger partial charge in [-0.2, -0.15) is 4.31 Å². The van der Waals surface area contributed by atoms with Crippen molar-refractivity contribution in [2.45, 2.75) is 4.90 Å². The lowest BCUT2D eigenvalue weighted by atomic mass is 10.1. The van der Waals surface area contributed by atoms with Gasteiger partial charge in [0.2, 0.25) is 10.0 Å². The molecule has 0 unspecified atom stereocenters. The molecule has 1 saturated heterocycles. The van der Waals surface area contributed by atoms with Gasteiger partial charge in [-0.15, -0.1) is 0 Å². The minimum atomic E-state index is -4.00. The zero-order valence-electron chi connectivity index (χ0n) is 17.4. The highest BCUT2D eigenvalue weighted by atomic mass is 32.2. The number of nitro groups is 1. The quantitative estimate of drug-likeness (QED) is 0.357. The number of ether oxygens (including phenoxy) is 2. The highest BCUT2D eigenvalue weighted by Crippen LogP contribution is 2.30. The van der Waals surface area contributed by atoms with Crippen molar-refractivity contribution in [1.29, 1.82) is 0 Å². The summed E-state index contributed by atoms with van der Waals surface area (Å²) < 4.78 is 36.7. The Kier molecular flexibility index (Phi) is 6.75. The van der Waals surface area contributed by atoms with Gasteiger partial charge in [0.15, 0.2) is 5.75 Å². The number of amides is 1. The van der Waals surface area contributed by atoms with Crippen molar-refractivity contribution in [3.63, 3.8) is 0 Å². The molecule has 1 aliphatic rings. The largest absolute Gasteiger partial charge is 0.490 e. The van der Waals surface area contributed by atoms with Crippen molar-refractivity contribution in [3.8, 4) is 5.75 Å². The van der Waals surface area contributed by atoms with Crippen molar-refractivity contribution in [1.82, 2.24) is 9.21 Å². The first-order valence-electron chi connectivity index (χ1n) is 9.49. The third-order valence-electron chi connectivity index (χ3n) is 5.04. The number of hydrogen-bond donors (Lipinski definition) is 0. The fourth-order valence-electron chi connectivity index (χ4n) is 3.33. The van der Waals surface area contributed by atoms with E-state index in [1.165, 1.54) is 47.7 Å². The lowest BCUT2D eigenvalue weighted by Gasteiger charge is -2.34. The van der Waals surface area contributed by atoms with Gasteiger partial charge in [0.25, 0.3) is 5.91 Å². The third-order valence-corrected chi connectivity index (χ3v) is 6.94. The van der Waals surface area contributed by atoms with Crippen LogP contribution in [0.4, 0.5) is 5.69 Å². The Hall–Kier alpha value is -3.51. The zero-order chi connectivity index (χ0) is 23.5. The Balaban J connectivity index is 1.74. The minimum absolute atomic E-state index is 0.0184. The summed E-state index contributed by atoms with van der Waals surface area (Å²) in [7, 11) is -1.50. The number of carbonyl (C=O) groups is 2. The molecule has 1 amide bonds. The summed E-state index contributed by atoms with van der Waals surface area (Å²) >= 11 is 0. The number of esters is 1. The maximum atomic E-state index is 13.0. The summed E-state index contributed by atoms with van der Waals surface area (Å²) in [5, 5.41) is 11.2. The number of rotatable bonds is 6. The van der Waals surface area contributed by atoms with Crippen molar-refractivity contribution in [3.05, 3.63) is 63.7 Å². The molecule has 1 heterocycles. The van der Waals surface area contributed by atoms with E-state index < -0.39 is 26.6 Å². The van der Waals surface area contributed by atoms with Crippen LogP contribution in [0.15, 0.2) is 47.4 Å². The molecule has 11 nitrogen and oxygen atoms in total. The molecule has 170 valence electrons. The zero-order valence-corrected chi connectivity index (χ0v) is 18.2. The highest BCUT2D eigenvalue weighted by molar-refractivity contribution is 7.89. The summed E-state index contributed by atoms with van der Waals surface area (Å²) in [6.45, 7) is 0.284. The van der Waals surface area contributed by atoms with Gasteiger partial charge >= 0.3 is 11.7 Å². The maximum Gasteiger partial charge on any atom is 0.337 e. The summed E-state index contributed by atoms with van der Waals surface area (Å²) in [5.41, 5.74) is 0.0727. The molecule has 32 heavy (non-hydrogen) atoms. The molecule has 0 aromatic heterocycles. The number of hydrogen-bond acceptors (Lipinski definition) is 8. The van der Waals surface area contributed by atoms with E-state index in [4.69, 9.17) is 4.74 Å². The first kappa shape index (κ1) is 23.2. The van der Waals surface area contributed by atoms with Crippen LogP contribution in [-0.4, -0.2) is 74.8 Å². The second-order valence-corrected chi connectivity index (χ2v) is 8.80. The Bertz CT molecular complexity index is 1160. The van der Waals surface area contributed by atoms with E-state index in [1.807, 2.05) is 0 Å². The van der Waals surface area contributed by atoms with Crippen LogP contribution in [0.3, 0.4) is 0 Å². The molecule has 0 radical (unpaired) electrons. The van der Waals surface area contributed by atoms with Gasteiger partial charge in [0.1, 0.15) is 0 Å². The van der Waals surface area contributed by atoms with Crippen LogP contribution in [0.1, 0.15) is 20.7 Å². The van der Waals surface area contributed by atoms with E-state index >= 15 is 0 Å². The molecule has 0 bridgehead atoms. The molecular formula is C20H21N3O8S. The summed E-state index contributed by atoms with van der Waals surface area (Å²) in [6, 6.07) is 9.53. The number of methoxy groups -OCH3 is 2. The molecule has 2 aromatic rings. The Morgan fingerprint density at radius 1 is 1.00 bits per heavy atom. The predicted octanol–water partition coefficient (Wildman–Crippen LogP) is 1.54. The van der Waals surface area contributed by atoms with Crippen LogP contribution in [0.2, 0.25) is 0 Å². The molecule has 2 aromatic carbocycles. The molecule has 0 aliphatic carbocycles. The van der Waals surface area contributed by atoms with Crippen LogP contribution in [0.25, 0.3) is 0 Å². The van der Waals surface area contributed by atoms with E-state index in [9.17, 15) is 28.1 Å². The van der Waals surface area contributed by atoms with Crippen molar-refractivity contribution in [2.75, 3.05) is 40.4 Å². The Morgan fingerprint density at radius 2 is 1.66 bits per heavy atom. The third kappa shape index (κ3) is 4.55. The minimum Gasteiger partial charge on any atom is -0.490 e. The molecule has 12 heteroatoms. The maximum absolute atomic E-state index is 13.0. The Morgan fingerprint density at radius 3 is 2.25 bits per heavy atom. The standard InChI is InChI=1S/C20H21N3O8S/c1-30-18-7-6-16(13-17(18)23(26)27)32(28,29)22-10-8-21(9-11-22)19(24)14-4-3-5-15(12-14)20(25)31-2/h3-7,12-13H,8-11H2,1-2H3. The van der Waals surface area contributed by atoms with Gasteiger partial charge in [-0.05, 0) is 30.3 Å². The first-order chi connectivity index (χ1) is 15.2. The van der Waals surface area contributed by atoms with Crippen molar-refractivity contribution < 1.29 is 32.4 Å². The van der Waals surface area contributed by atoms with Crippen molar-refractivity contribution >= 4 is 27.6 Å². The van der Waals surface area contributed by atoms with Crippen LogP contribution in [-0.2, 0) is 14.8 Å². The monoisotopic (exact) mass is 463 g/mol. The SMILES string of the molecule is COC(=O)c1cccc(C(=O)N2CCN(S(=O)(=O)c3ccc(OC)c([N+](=O)[O-])c3)CC2)c1. The van der Waals surface area contributed by atoms with Gasteiger partial charge in [-0.25, -0.2) is 13.2 Å². The number of carbonyl (C=O) groups excluding carboxylic acids is 2. The second kappa shape index (κ2) is 9.32. The van der Waals surface area contributed by atoms with Crippen LogP contribution < -0.4 is 4.74 Å². The first-order valence-corrected chi connectivity index (χ1v) is 10.9. The van der Waals surface area contributed by atoms with Gasteiger partial charge in [-0.1, -0.05) is 6.07 Å². The summed E-state index contributed by atoms with van der Waals surface area (Å²) in [6.07, 6.45) is 0. The summed E-state index contributed by atoms with van der Waals surface area (Å²) in [4.78, 5) is 36.3. The topological polar surface area (TPSA) is 136 Å². The van der Waals surface area contributed by atoms with Crippen LogP contribution >= 0.6 is 0 Å². The molecule has 3 rings (SSSR count). The van der Waals surface area contributed by atoms with E-state index in [2.05, 4.69) is 4.74 Å². The molecule has 1 fully saturated rings. The number of nitro benzene ring substituents is 1. The second-order valence-electron chi connectivity index (χ2n) is 6.86. The molecule has 0 spiro atoms. The molecule has 0 atom stereocenters. The lowest BCUT2D eigenvalue weighted by molar-refractivity contribution is -0.386. The predicted molar refractivity (Wildman–Crippen MR) is 112 cm³/mol. The average molecular weight is 463 g/mol. The molecule has 0 saturated carbocycles. The lowest BCUT2D eigenvalue weighted by Crippen LogP contribution is -2.50. The van der Waals surface area contributed by atoms with Crippen molar-refractivity contribution in [2.24, 2.45) is 0 Å². The van der Waals surface area contributed by atoms with Gasteiger partial charge < -0.3 is 14.4 Å². The van der Waals surface area contributed by atoms with Gasteiger partial charge in [0, 0.05) is 37.8 Å². The molecule has 1 aliphatic heterocycles. The van der Waals surface area contributed by atoms with E-state index in [1.54, 1.807) is 12.1 Å². The number of sulfonamides is 1. The van der Waals surface area contributed by atoms with Crippen LogP contribution in [0, 0.1) is 10.1 Å². The van der Waals surface area contributed by atoms with E-state index in [-0.39, 0.29) is 53.9 Å². The number of piperazine rings is 1. The molecule has 0 N–H and O–H groups in total. The smallest absolute Gasteiger partial charge is 0.337 e. The van der Waals surface area contributed by atoms with E-state index in [0.29, 0.717) is 0 Å². The highest BCUT2D eigenvalue weighted by Gasteiger charge is 2.32. The van der Waals surface area contributed by atoms with Crippen LogP contribution in [0.5, 0.6) is 5.75 Å². The summed E-state index contributed by atoms with van der Waals surface area (Å²) in [5.74, 6) is -0.949. The molecular weight excluding hydrogens is 442 g/mol.